The number of amides is 1. The van der Waals surface area contributed by atoms with E-state index in [4.69, 9.17) is 0 Å². The predicted molar refractivity (Wildman–Crippen MR) is 35.6 cm³/mol. The molecule has 0 aromatic carbocycles. The third kappa shape index (κ3) is 1.52. The summed E-state index contributed by atoms with van der Waals surface area (Å²) in [6, 6.07) is 0. The SMILES string of the molecule is CN1CCCN=CC1=O. The molecule has 0 aromatic heterocycles. The van der Waals surface area contributed by atoms with Gasteiger partial charge < -0.3 is 4.90 Å². The lowest BCUT2D eigenvalue weighted by molar-refractivity contribution is -0.122. The minimum atomic E-state index is 0.0208. The summed E-state index contributed by atoms with van der Waals surface area (Å²) in [4.78, 5) is 16.4. The molecule has 0 bridgehead atoms. The van der Waals surface area contributed by atoms with Crippen molar-refractivity contribution in [3.05, 3.63) is 0 Å². The van der Waals surface area contributed by atoms with Gasteiger partial charge in [0.25, 0.3) is 5.91 Å². The van der Waals surface area contributed by atoms with Crippen LogP contribution < -0.4 is 0 Å². The minimum Gasteiger partial charge on any atom is -0.341 e. The van der Waals surface area contributed by atoms with Gasteiger partial charge in [-0.2, -0.15) is 0 Å². The zero-order valence-corrected chi connectivity index (χ0v) is 5.50. The highest BCUT2D eigenvalue weighted by Gasteiger charge is 2.06. The van der Waals surface area contributed by atoms with E-state index in [0.29, 0.717) is 0 Å². The largest absolute Gasteiger partial charge is 0.341 e. The molecule has 1 rings (SSSR count). The van der Waals surface area contributed by atoms with Gasteiger partial charge in [-0.05, 0) is 6.42 Å². The van der Waals surface area contributed by atoms with Crippen LogP contribution in [0.5, 0.6) is 0 Å². The average Bonchev–Trinajstić information content (AvgIpc) is 1.99. The van der Waals surface area contributed by atoms with Crippen molar-refractivity contribution >= 4 is 12.1 Å². The molecule has 3 heteroatoms. The van der Waals surface area contributed by atoms with Gasteiger partial charge in [0.15, 0.2) is 0 Å². The maximum absolute atomic E-state index is 10.8. The topological polar surface area (TPSA) is 32.7 Å². The highest BCUT2D eigenvalue weighted by atomic mass is 16.2. The van der Waals surface area contributed by atoms with Crippen LogP contribution in [0.4, 0.5) is 0 Å². The van der Waals surface area contributed by atoms with E-state index in [2.05, 4.69) is 4.99 Å². The standard InChI is InChI=1S/C6H10N2O/c1-8-4-2-3-7-5-6(8)9/h5H,2-4H2,1H3. The highest BCUT2D eigenvalue weighted by Crippen LogP contribution is 1.92. The fourth-order valence-electron chi connectivity index (χ4n) is 0.751. The van der Waals surface area contributed by atoms with Gasteiger partial charge in [0.2, 0.25) is 0 Å². The molecule has 0 fully saturated rings. The van der Waals surface area contributed by atoms with Crippen LogP contribution in [0.1, 0.15) is 6.42 Å². The smallest absolute Gasteiger partial charge is 0.264 e. The first kappa shape index (κ1) is 6.26. The highest BCUT2D eigenvalue weighted by molar-refractivity contribution is 6.26. The Bertz CT molecular complexity index is 142. The number of carbonyl (C=O) groups is 1. The molecule has 1 aliphatic rings. The Labute approximate surface area is 54.4 Å². The molecule has 0 saturated heterocycles. The second-order valence-corrected chi connectivity index (χ2v) is 2.15. The Balaban J connectivity index is 2.57. The van der Waals surface area contributed by atoms with Crippen molar-refractivity contribution in [2.45, 2.75) is 6.42 Å². The summed E-state index contributed by atoms with van der Waals surface area (Å²) in [5.41, 5.74) is 0. The van der Waals surface area contributed by atoms with Crippen LogP contribution in [0.2, 0.25) is 0 Å². The van der Waals surface area contributed by atoms with Crippen LogP contribution in [0.25, 0.3) is 0 Å². The fraction of sp³-hybridized carbons (Fsp3) is 0.667. The van der Waals surface area contributed by atoms with E-state index >= 15 is 0 Å². The van der Waals surface area contributed by atoms with Crippen LogP contribution in [0.15, 0.2) is 4.99 Å². The second kappa shape index (κ2) is 2.62. The molecule has 1 heterocycles. The van der Waals surface area contributed by atoms with E-state index in [1.54, 1.807) is 11.9 Å². The van der Waals surface area contributed by atoms with Crippen molar-refractivity contribution in [1.82, 2.24) is 4.90 Å². The van der Waals surface area contributed by atoms with E-state index in [1.807, 2.05) is 0 Å². The molecule has 1 aliphatic heterocycles. The summed E-state index contributed by atoms with van der Waals surface area (Å²) < 4.78 is 0. The number of rotatable bonds is 0. The number of nitrogens with zero attached hydrogens (tertiary/aromatic N) is 2. The lowest BCUT2D eigenvalue weighted by atomic mass is 10.4. The molecular formula is C6H10N2O. The Hall–Kier alpha value is -0.860. The molecular weight excluding hydrogens is 116 g/mol. The van der Waals surface area contributed by atoms with Crippen molar-refractivity contribution in [3.63, 3.8) is 0 Å². The third-order valence-corrected chi connectivity index (χ3v) is 1.36. The Morgan fingerprint density at radius 3 is 3.33 bits per heavy atom. The quantitative estimate of drug-likeness (QED) is 0.447. The van der Waals surface area contributed by atoms with Gasteiger partial charge in [-0.1, -0.05) is 0 Å². The van der Waals surface area contributed by atoms with Gasteiger partial charge in [0.05, 0.1) is 6.21 Å². The van der Waals surface area contributed by atoms with E-state index in [0.717, 1.165) is 19.5 Å². The van der Waals surface area contributed by atoms with Gasteiger partial charge in [-0.3, -0.25) is 9.79 Å². The zero-order valence-electron chi connectivity index (χ0n) is 5.50. The van der Waals surface area contributed by atoms with E-state index in [1.165, 1.54) is 6.21 Å². The molecule has 0 spiro atoms. The third-order valence-electron chi connectivity index (χ3n) is 1.36. The maximum atomic E-state index is 10.8. The summed E-state index contributed by atoms with van der Waals surface area (Å²) in [6.45, 7) is 1.62. The number of hydrogen-bond donors (Lipinski definition) is 0. The molecule has 0 saturated carbocycles. The molecule has 0 aliphatic carbocycles. The maximum Gasteiger partial charge on any atom is 0.264 e. The lowest BCUT2D eigenvalue weighted by Gasteiger charge is -2.10. The van der Waals surface area contributed by atoms with Crippen LogP contribution >= 0.6 is 0 Å². The van der Waals surface area contributed by atoms with Crippen LogP contribution in [-0.4, -0.2) is 37.2 Å². The number of carbonyl (C=O) groups excluding carboxylic acids is 1. The Morgan fingerprint density at radius 1 is 1.78 bits per heavy atom. The lowest BCUT2D eigenvalue weighted by Crippen LogP contribution is -2.26. The van der Waals surface area contributed by atoms with Gasteiger partial charge in [0.1, 0.15) is 0 Å². The van der Waals surface area contributed by atoms with Crippen LogP contribution in [0, 0.1) is 0 Å². The summed E-state index contributed by atoms with van der Waals surface area (Å²) >= 11 is 0. The molecule has 3 nitrogen and oxygen atoms in total. The summed E-state index contributed by atoms with van der Waals surface area (Å²) in [5, 5.41) is 0. The van der Waals surface area contributed by atoms with Crippen molar-refractivity contribution < 1.29 is 4.79 Å². The molecule has 0 atom stereocenters. The van der Waals surface area contributed by atoms with E-state index in [9.17, 15) is 4.79 Å². The summed E-state index contributed by atoms with van der Waals surface area (Å²) in [5.74, 6) is 0.0208. The molecule has 0 N–H and O–H groups in total. The van der Waals surface area contributed by atoms with Gasteiger partial charge >= 0.3 is 0 Å². The van der Waals surface area contributed by atoms with Gasteiger partial charge in [-0.15, -0.1) is 0 Å². The zero-order chi connectivity index (χ0) is 6.69. The summed E-state index contributed by atoms with van der Waals surface area (Å²) in [7, 11) is 1.79. The molecule has 0 aromatic rings. The monoisotopic (exact) mass is 126 g/mol. The van der Waals surface area contributed by atoms with E-state index < -0.39 is 0 Å². The molecule has 50 valence electrons. The first-order valence-corrected chi connectivity index (χ1v) is 3.05. The average molecular weight is 126 g/mol. The first-order chi connectivity index (χ1) is 4.30. The van der Waals surface area contributed by atoms with Crippen molar-refractivity contribution in [3.8, 4) is 0 Å². The van der Waals surface area contributed by atoms with Crippen LogP contribution in [-0.2, 0) is 4.79 Å². The summed E-state index contributed by atoms with van der Waals surface area (Å²) in [6.07, 6.45) is 2.38. The normalized spacial score (nSPS) is 20.1. The van der Waals surface area contributed by atoms with Crippen LogP contribution in [0.3, 0.4) is 0 Å². The Kier molecular flexibility index (Phi) is 1.82. The van der Waals surface area contributed by atoms with E-state index in [-0.39, 0.29) is 5.91 Å². The van der Waals surface area contributed by atoms with Crippen molar-refractivity contribution in [2.24, 2.45) is 4.99 Å². The number of hydrogen-bond acceptors (Lipinski definition) is 2. The molecule has 0 radical (unpaired) electrons. The molecule has 1 amide bonds. The molecule has 9 heavy (non-hydrogen) atoms. The van der Waals surface area contributed by atoms with Crippen molar-refractivity contribution in [1.29, 1.82) is 0 Å². The second-order valence-electron chi connectivity index (χ2n) is 2.15. The minimum absolute atomic E-state index is 0.0208. The van der Waals surface area contributed by atoms with Crippen molar-refractivity contribution in [2.75, 3.05) is 20.1 Å². The Morgan fingerprint density at radius 2 is 2.56 bits per heavy atom. The van der Waals surface area contributed by atoms with Gasteiger partial charge in [0, 0.05) is 20.1 Å². The fourth-order valence-corrected chi connectivity index (χ4v) is 0.751. The predicted octanol–water partition coefficient (Wildman–Crippen LogP) is -0.0807. The number of aliphatic imine (C=N–C) groups is 1. The first-order valence-electron chi connectivity index (χ1n) is 3.05. The molecule has 0 unspecified atom stereocenters. The van der Waals surface area contributed by atoms with Gasteiger partial charge in [-0.25, -0.2) is 0 Å².